The molecule has 1 aliphatic rings. The van der Waals surface area contributed by atoms with Crippen LogP contribution >= 0.6 is 0 Å². The molecular weight excluding hydrogens is 154 g/mol. The van der Waals surface area contributed by atoms with E-state index in [1.807, 2.05) is 0 Å². The molecule has 0 spiro atoms. The molecule has 2 atom stereocenters. The van der Waals surface area contributed by atoms with Gasteiger partial charge in [-0.3, -0.25) is 9.69 Å². The Balaban J connectivity index is 2.50. The van der Waals surface area contributed by atoms with Crippen LogP contribution in [0.5, 0.6) is 0 Å². The van der Waals surface area contributed by atoms with Gasteiger partial charge in [0.25, 0.3) is 0 Å². The number of nitrogens with zero attached hydrogens (tertiary/aromatic N) is 1. The molecule has 1 saturated heterocycles. The van der Waals surface area contributed by atoms with Gasteiger partial charge in [0.2, 0.25) is 5.91 Å². The van der Waals surface area contributed by atoms with Crippen molar-refractivity contribution in [2.45, 2.75) is 25.9 Å². The zero-order valence-electron chi connectivity index (χ0n) is 7.71. The minimum atomic E-state index is -0.240. The molecule has 1 aliphatic heterocycles. The van der Waals surface area contributed by atoms with Crippen LogP contribution in [0.1, 0.15) is 13.8 Å². The van der Waals surface area contributed by atoms with Crippen molar-refractivity contribution in [1.29, 1.82) is 0 Å². The van der Waals surface area contributed by atoms with Crippen LogP contribution in [-0.2, 0) is 4.79 Å². The number of nitrogens with one attached hydrogen (secondary N) is 1. The van der Waals surface area contributed by atoms with Gasteiger partial charge in [-0.2, -0.15) is 0 Å². The molecule has 0 aromatic rings. The summed E-state index contributed by atoms with van der Waals surface area (Å²) in [6.07, 6.45) is 0. The Labute approximate surface area is 73.1 Å². The normalized spacial score (nSPS) is 31.8. The average molecular weight is 171 g/mol. The predicted octanol–water partition coefficient (Wildman–Crippen LogP) is -0.846. The molecule has 0 radical (unpaired) electrons. The molecule has 4 nitrogen and oxygen atoms in total. The number of hydrogen-bond acceptors (Lipinski definition) is 3. The van der Waals surface area contributed by atoms with E-state index in [2.05, 4.69) is 24.1 Å². The van der Waals surface area contributed by atoms with Crippen molar-refractivity contribution < 1.29 is 4.79 Å². The zero-order valence-corrected chi connectivity index (χ0v) is 7.71. The molecule has 0 unspecified atom stereocenters. The first-order valence-corrected chi connectivity index (χ1v) is 4.36. The summed E-state index contributed by atoms with van der Waals surface area (Å²) in [7, 11) is 0. The lowest BCUT2D eigenvalue weighted by molar-refractivity contribution is -0.120. The SMILES string of the molecule is C[C@@H]1CNC[C@@H](C)N1CC(N)=O. The summed E-state index contributed by atoms with van der Waals surface area (Å²) < 4.78 is 0. The highest BCUT2D eigenvalue weighted by Gasteiger charge is 2.24. The Bertz CT molecular complexity index is 162. The number of piperazine rings is 1. The van der Waals surface area contributed by atoms with Crippen LogP contribution in [0.2, 0.25) is 0 Å². The van der Waals surface area contributed by atoms with Gasteiger partial charge >= 0.3 is 0 Å². The monoisotopic (exact) mass is 171 g/mol. The number of carbonyl (C=O) groups excluding carboxylic acids is 1. The van der Waals surface area contributed by atoms with Gasteiger partial charge in [0.05, 0.1) is 6.54 Å². The van der Waals surface area contributed by atoms with Crippen LogP contribution in [0.15, 0.2) is 0 Å². The summed E-state index contributed by atoms with van der Waals surface area (Å²) >= 11 is 0. The molecule has 0 aromatic heterocycles. The third kappa shape index (κ3) is 2.19. The lowest BCUT2D eigenvalue weighted by atomic mass is 10.1. The van der Waals surface area contributed by atoms with E-state index in [-0.39, 0.29) is 5.91 Å². The van der Waals surface area contributed by atoms with E-state index in [1.54, 1.807) is 0 Å². The fourth-order valence-electron chi connectivity index (χ4n) is 1.66. The third-order valence-electron chi connectivity index (χ3n) is 2.35. The minimum absolute atomic E-state index is 0.240. The van der Waals surface area contributed by atoms with Gasteiger partial charge in [0, 0.05) is 25.2 Å². The van der Waals surface area contributed by atoms with Gasteiger partial charge in [0.15, 0.2) is 0 Å². The molecule has 1 fully saturated rings. The Morgan fingerprint density at radius 1 is 1.50 bits per heavy atom. The number of amides is 1. The van der Waals surface area contributed by atoms with Crippen molar-refractivity contribution in [2.75, 3.05) is 19.6 Å². The molecule has 70 valence electrons. The molecule has 1 amide bonds. The summed E-state index contributed by atoms with van der Waals surface area (Å²) in [5.74, 6) is -0.240. The first-order valence-electron chi connectivity index (χ1n) is 4.36. The third-order valence-corrected chi connectivity index (χ3v) is 2.35. The maximum absolute atomic E-state index is 10.7. The Hall–Kier alpha value is -0.610. The van der Waals surface area contributed by atoms with Gasteiger partial charge in [-0.25, -0.2) is 0 Å². The van der Waals surface area contributed by atoms with Gasteiger partial charge in [-0.15, -0.1) is 0 Å². The van der Waals surface area contributed by atoms with Crippen molar-refractivity contribution in [3.05, 3.63) is 0 Å². The van der Waals surface area contributed by atoms with Crippen LogP contribution in [-0.4, -0.2) is 42.5 Å². The molecule has 1 rings (SSSR count). The minimum Gasteiger partial charge on any atom is -0.369 e. The van der Waals surface area contributed by atoms with E-state index in [0.29, 0.717) is 18.6 Å². The topological polar surface area (TPSA) is 58.4 Å². The second-order valence-electron chi connectivity index (χ2n) is 3.49. The van der Waals surface area contributed by atoms with Crippen molar-refractivity contribution in [2.24, 2.45) is 5.73 Å². The van der Waals surface area contributed by atoms with Crippen LogP contribution in [0, 0.1) is 0 Å². The van der Waals surface area contributed by atoms with Gasteiger partial charge in [-0.05, 0) is 13.8 Å². The Morgan fingerprint density at radius 3 is 2.42 bits per heavy atom. The maximum Gasteiger partial charge on any atom is 0.231 e. The second-order valence-corrected chi connectivity index (χ2v) is 3.49. The second kappa shape index (κ2) is 3.87. The largest absolute Gasteiger partial charge is 0.369 e. The molecule has 1 heterocycles. The first-order chi connectivity index (χ1) is 5.61. The Kier molecular flexibility index (Phi) is 3.05. The summed E-state index contributed by atoms with van der Waals surface area (Å²) in [5.41, 5.74) is 5.15. The number of rotatable bonds is 2. The van der Waals surface area contributed by atoms with Crippen LogP contribution in [0.25, 0.3) is 0 Å². The molecule has 0 aromatic carbocycles. The van der Waals surface area contributed by atoms with E-state index in [4.69, 9.17) is 5.73 Å². The van der Waals surface area contributed by atoms with Gasteiger partial charge in [-0.1, -0.05) is 0 Å². The standard InChI is InChI=1S/C8H17N3O/c1-6-3-10-4-7(2)11(6)5-8(9)12/h6-7,10H,3-5H2,1-2H3,(H2,9,12)/t6-,7-/m1/s1. The molecule has 0 bridgehead atoms. The lowest BCUT2D eigenvalue weighted by Gasteiger charge is -2.38. The smallest absolute Gasteiger partial charge is 0.231 e. The van der Waals surface area contributed by atoms with Crippen LogP contribution in [0.4, 0.5) is 0 Å². The van der Waals surface area contributed by atoms with Gasteiger partial charge < -0.3 is 11.1 Å². The maximum atomic E-state index is 10.7. The van der Waals surface area contributed by atoms with E-state index in [1.165, 1.54) is 0 Å². The molecule has 0 saturated carbocycles. The molecular formula is C8H17N3O. The number of primary amides is 1. The summed E-state index contributed by atoms with van der Waals surface area (Å²) in [6, 6.07) is 0.808. The lowest BCUT2D eigenvalue weighted by Crippen LogP contribution is -2.56. The van der Waals surface area contributed by atoms with E-state index < -0.39 is 0 Å². The number of carbonyl (C=O) groups is 1. The summed E-state index contributed by atoms with van der Waals surface area (Å²) in [6.45, 7) is 6.47. The van der Waals surface area contributed by atoms with Crippen molar-refractivity contribution in [1.82, 2.24) is 10.2 Å². The van der Waals surface area contributed by atoms with Crippen molar-refractivity contribution >= 4 is 5.91 Å². The molecule has 3 N–H and O–H groups in total. The van der Waals surface area contributed by atoms with E-state index >= 15 is 0 Å². The fraction of sp³-hybridized carbons (Fsp3) is 0.875. The van der Waals surface area contributed by atoms with E-state index in [0.717, 1.165) is 13.1 Å². The average Bonchev–Trinajstić information content (AvgIpc) is 1.97. The number of nitrogens with two attached hydrogens (primary N) is 1. The van der Waals surface area contributed by atoms with Crippen molar-refractivity contribution in [3.63, 3.8) is 0 Å². The fourth-order valence-corrected chi connectivity index (χ4v) is 1.66. The van der Waals surface area contributed by atoms with Crippen LogP contribution in [0.3, 0.4) is 0 Å². The highest BCUT2D eigenvalue weighted by atomic mass is 16.1. The van der Waals surface area contributed by atoms with Crippen molar-refractivity contribution in [3.8, 4) is 0 Å². The highest BCUT2D eigenvalue weighted by Crippen LogP contribution is 2.07. The quantitative estimate of drug-likeness (QED) is 0.569. The van der Waals surface area contributed by atoms with Gasteiger partial charge in [0.1, 0.15) is 0 Å². The van der Waals surface area contributed by atoms with E-state index in [9.17, 15) is 4.79 Å². The molecule has 12 heavy (non-hydrogen) atoms. The summed E-state index contributed by atoms with van der Waals surface area (Å²) in [4.78, 5) is 12.9. The predicted molar refractivity (Wildman–Crippen MR) is 47.7 cm³/mol. The summed E-state index contributed by atoms with van der Waals surface area (Å²) in [5, 5.41) is 3.29. The zero-order chi connectivity index (χ0) is 9.14. The first kappa shape index (κ1) is 9.48. The molecule has 0 aliphatic carbocycles. The highest BCUT2D eigenvalue weighted by molar-refractivity contribution is 5.76. The molecule has 4 heteroatoms. The Morgan fingerprint density at radius 2 is 2.00 bits per heavy atom. The number of hydrogen-bond donors (Lipinski definition) is 2. The van der Waals surface area contributed by atoms with Crippen LogP contribution < -0.4 is 11.1 Å².